The van der Waals surface area contributed by atoms with E-state index in [0.29, 0.717) is 12.2 Å². The largest absolute Gasteiger partial charge is 0.312 e. The minimum Gasteiger partial charge on any atom is -0.312 e. The molecule has 0 bridgehead atoms. The van der Waals surface area contributed by atoms with E-state index in [-0.39, 0.29) is 23.5 Å². The normalized spacial score (nSPS) is 23.4. The lowest BCUT2D eigenvalue weighted by Crippen LogP contribution is -2.30. The van der Waals surface area contributed by atoms with E-state index in [2.05, 4.69) is 33.2 Å². The van der Waals surface area contributed by atoms with E-state index in [1.54, 1.807) is 28.5 Å². The van der Waals surface area contributed by atoms with Gasteiger partial charge in [0.2, 0.25) is 0 Å². The lowest BCUT2D eigenvalue weighted by atomic mass is 10.0. The molecule has 0 aromatic heterocycles. The first-order valence-corrected chi connectivity index (χ1v) is 19.3. The molecule has 22 heteroatoms. The SMILES string of the molecule is CC1CSSCC1C.CC1CSSCC1O[N+](=O)[O-].CCC(CSSCC(CO[N+](=O)[O-])O[N+](=O)[O-])O[N+](=O)[O-]. The van der Waals surface area contributed by atoms with Crippen molar-refractivity contribution in [3.63, 3.8) is 0 Å². The predicted molar refractivity (Wildman–Crippen MR) is 161 cm³/mol. The van der Waals surface area contributed by atoms with E-state index in [1.165, 1.54) is 22.3 Å². The number of rotatable bonds is 15. The highest BCUT2D eigenvalue weighted by molar-refractivity contribution is 8.77. The third-order valence-electron chi connectivity index (χ3n) is 5.10. The van der Waals surface area contributed by atoms with Crippen molar-refractivity contribution in [3.8, 4) is 0 Å². The van der Waals surface area contributed by atoms with Gasteiger partial charge in [0.1, 0.15) is 24.9 Å². The molecule has 0 aromatic carbocycles. The third kappa shape index (κ3) is 21.6. The fraction of sp³-hybridized carbons (Fsp3) is 1.00. The smallest absolute Gasteiger partial charge is 0.294 e. The Bertz CT molecular complexity index is 754. The van der Waals surface area contributed by atoms with Gasteiger partial charge in [0.05, 0.1) is 0 Å². The maximum atomic E-state index is 10.2. The van der Waals surface area contributed by atoms with E-state index in [0.717, 1.165) is 28.4 Å². The molecule has 0 aliphatic carbocycles. The number of nitrogens with zero attached hydrogens (tertiary/aromatic N) is 4. The van der Waals surface area contributed by atoms with Gasteiger partial charge >= 0.3 is 0 Å². The van der Waals surface area contributed by atoms with Gasteiger partial charge in [-0.05, 0) is 24.2 Å². The lowest BCUT2D eigenvalue weighted by Gasteiger charge is -2.25. The van der Waals surface area contributed by atoms with Gasteiger partial charge in [0.25, 0.3) is 20.3 Å². The van der Waals surface area contributed by atoms with Crippen LogP contribution >= 0.6 is 64.8 Å². The fourth-order valence-electron chi connectivity index (χ4n) is 2.39. The van der Waals surface area contributed by atoms with Crippen LogP contribution in [0.4, 0.5) is 0 Å². The van der Waals surface area contributed by atoms with E-state index in [4.69, 9.17) is 0 Å². The average Bonchev–Trinajstić information content (AvgIpc) is 2.87. The highest BCUT2D eigenvalue weighted by Crippen LogP contribution is 2.36. The van der Waals surface area contributed by atoms with Crippen molar-refractivity contribution in [2.24, 2.45) is 17.8 Å². The van der Waals surface area contributed by atoms with Crippen LogP contribution in [0, 0.1) is 58.2 Å². The van der Waals surface area contributed by atoms with Crippen molar-refractivity contribution in [3.05, 3.63) is 40.5 Å². The third-order valence-corrected chi connectivity index (χ3v) is 13.0. The van der Waals surface area contributed by atoms with Gasteiger partial charge in [-0.3, -0.25) is 0 Å². The second-order valence-corrected chi connectivity index (χ2v) is 16.0. The molecular formula is C18H34N4O12S6. The van der Waals surface area contributed by atoms with Crippen molar-refractivity contribution in [1.82, 2.24) is 0 Å². The maximum Gasteiger partial charge on any atom is 0.294 e. The Morgan fingerprint density at radius 2 is 1.15 bits per heavy atom. The van der Waals surface area contributed by atoms with Gasteiger partial charge < -0.3 is 19.4 Å². The minimum absolute atomic E-state index is 0.0361. The van der Waals surface area contributed by atoms with Crippen LogP contribution in [0.1, 0.15) is 34.1 Å². The molecule has 6 atom stereocenters. The van der Waals surface area contributed by atoms with Crippen molar-refractivity contribution in [1.29, 1.82) is 0 Å². The second kappa shape index (κ2) is 23.5. The highest BCUT2D eigenvalue weighted by Gasteiger charge is 2.25. The van der Waals surface area contributed by atoms with E-state index in [9.17, 15) is 40.5 Å². The van der Waals surface area contributed by atoms with Crippen LogP contribution in [0.3, 0.4) is 0 Å². The molecule has 16 nitrogen and oxygen atoms in total. The van der Waals surface area contributed by atoms with Crippen LogP contribution in [0.5, 0.6) is 0 Å². The molecule has 0 aromatic rings. The summed E-state index contributed by atoms with van der Waals surface area (Å²) in [6, 6.07) is 0. The van der Waals surface area contributed by atoms with Gasteiger partial charge in [-0.25, -0.2) is 0 Å². The van der Waals surface area contributed by atoms with Gasteiger partial charge in [0.15, 0.2) is 0 Å². The Hall–Kier alpha value is -1.10. The van der Waals surface area contributed by atoms with Crippen molar-refractivity contribution < 1.29 is 39.7 Å². The molecule has 2 aliphatic rings. The maximum absolute atomic E-state index is 10.2. The van der Waals surface area contributed by atoms with Crippen LogP contribution in [-0.4, -0.2) is 79.8 Å². The first-order chi connectivity index (χ1) is 18.8. The summed E-state index contributed by atoms with van der Waals surface area (Å²) in [7, 11) is 9.72. The average molecular weight is 691 g/mol. The van der Waals surface area contributed by atoms with Crippen LogP contribution in [0.15, 0.2) is 0 Å². The zero-order chi connectivity index (χ0) is 30.5. The number of hydrogen-bond acceptors (Lipinski definition) is 18. The van der Waals surface area contributed by atoms with Crippen LogP contribution in [-0.2, 0) is 19.4 Å². The Labute approximate surface area is 255 Å². The van der Waals surface area contributed by atoms with Gasteiger partial charge in [-0.2, -0.15) is 0 Å². The molecule has 40 heavy (non-hydrogen) atoms. The summed E-state index contributed by atoms with van der Waals surface area (Å²) < 4.78 is 0. The monoisotopic (exact) mass is 690 g/mol. The summed E-state index contributed by atoms with van der Waals surface area (Å²) in [5.41, 5.74) is 0. The van der Waals surface area contributed by atoms with Crippen LogP contribution < -0.4 is 0 Å². The summed E-state index contributed by atoms with van der Waals surface area (Å²) >= 11 is 0. The summed E-state index contributed by atoms with van der Waals surface area (Å²) in [5.74, 6) is 6.85. The quantitative estimate of drug-likeness (QED) is 0.0912. The highest BCUT2D eigenvalue weighted by atomic mass is 33.1. The minimum atomic E-state index is -1.11. The molecular weight excluding hydrogens is 657 g/mol. The zero-order valence-electron chi connectivity index (χ0n) is 22.3. The molecule has 2 rings (SSSR count). The number of hydrogen-bond donors (Lipinski definition) is 0. The molecule has 0 radical (unpaired) electrons. The predicted octanol–water partition coefficient (Wildman–Crippen LogP) is 5.39. The Morgan fingerprint density at radius 3 is 1.55 bits per heavy atom. The Kier molecular flexibility index (Phi) is 22.8. The first-order valence-electron chi connectivity index (χ1n) is 11.8. The summed E-state index contributed by atoms with van der Waals surface area (Å²) in [6.45, 7) is 7.79. The molecule has 2 fully saturated rings. The molecule has 2 aliphatic heterocycles. The Morgan fingerprint density at radius 1 is 0.700 bits per heavy atom. The van der Waals surface area contributed by atoms with Gasteiger partial charge in [-0.15, -0.1) is 40.5 Å². The fourth-order valence-corrected chi connectivity index (χ4v) is 10.7. The van der Waals surface area contributed by atoms with Crippen LogP contribution in [0.25, 0.3) is 0 Å². The molecule has 2 saturated heterocycles. The molecule has 234 valence electrons. The second-order valence-electron chi connectivity index (χ2n) is 8.34. The van der Waals surface area contributed by atoms with Crippen LogP contribution in [0.2, 0.25) is 0 Å². The topological polar surface area (TPSA) is 209 Å². The molecule has 6 unspecified atom stereocenters. The lowest BCUT2D eigenvalue weighted by molar-refractivity contribution is -0.788. The van der Waals surface area contributed by atoms with E-state index in [1.807, 2.05) is 28.5 Å². The first kappa shape index (κ1) is 38.9. The van der Waals surface area contributed by atoms with Crippen molar-refractivity contribution in [2.75, 3.05) is 41.1 Å². The van der Waals surface area contributed by atoms with E-state index < -0.39 is 39.2 Å². The Balaban J connectivity index is 0.000000656. The van der Waals surface area contributed by atoms with Crippen molar-refractivity contribution in [2.45, 2.75) is 52.4 Å². The molecule has 0 N–H and O–H groups in total. The van der Waals surface area contributed by atoms with E-state index >= 15 is 0 Å². The summed E-state index contributed by atoms with van der Waals surface area (Å²) in [6.07, 6.45) is -1.49. The molecule has 0 saturated carbocycles. The van der Waals surface area contributed by atoms with Gasteiger partial charge in [-0.1, -0.05) is 92.5 Å². The summed E-state index contributed by atoms with van der Waals surface area (Å²) in [4.78, 5) is 57.5. The molecule has 0 spiro atoms. The van der Waals surface area contributed by atoms with Gasteiger partial charge in [0, 0.05) is 34.5 Å². The van der Waals surface area contributed by atoms with Crippen molar-refractivity contribution >= 4 is 64.8 Å². The zero-order valence-corrected chi connectivity index (χ0v) is 27.2. The molecule has 2 heterocycles. The molecule has 0 amide bonds. The summed E-state index contributed by atoms with van der Waals surface area (Å²) in [5, 5.41) is 36.7. The standard InChI is InChI=1S/C7H13N3O9S2.C6H12S2.C5H9NO3S2/c1-2-6(18-9(13)14)4-20-21-5-7(19-10(15)16)3-17-8(11)12;1-5-3-7-8-4-6(5)2;1-4-2-10-11-3-5(4)9-6(7)8/h6-7H,2-5H2,1H3;5-6H,3-4H2,1-2H3;4-5H,2-3H2,1H3.